The lowest BCUT2D eigenvalue weighted by Gasteiger charge is -2.08. The van der Waals surface area contributed by atoms with Crippen LogP contribution >= 0.6 is 23.1 Å². The summed E-state index contributed by atoms with van der Waals surface area (Å²) in [5.41, 5.74) is 3.86. The maximum absolute atomic E-state index is 11.9. The zero-order valence-corrected chi connectivity index (χ0v) is 16.2. The Morgan fingerprint density at radius 3 is 2.69 bits per heavy atom. The second-order valence-corrected chi connectivity index (χ2v) is 7.43. The molecule has 0 unspecified atom stereocenters. The summed E-state index contributed by atoms with van der Waals surface area (Å²) >= 11 is 2.58. The van der Waals surface area contributed by atoms with Crippen LogP contribution in [0.25, 0.3) is 0 Å². The van der Waals surface area contributed by atoms with Crippen LogP contribution in [0.15, 0.2) is 28.9 Å². The zero-order chi connectivity index (χ0) is 18.5. The lowest BCUT2D eigenvalue weighted by molar-refractivity contribution is -0.113. The molecule has 26 heavy (non-hydrogen) atoms. The molecule has 0 aliphatic rings. The number of nitrogens with zero attached hydrogens (tertiary/aromatic N) is 5. The van der Waals surface area contributed by atoms with Crippen molar-refractivity contribution >= 4 is 34.1 Å². The monoisotopic (exact) mass is 390 g/mol. The Hall–Kier alpha value is -2.46. The van der Waals surface area contributed by atoms with E-state index in [0.29, 0.717) is 22.7 Å². The number of aromatic nitrogens is 5. The van der Waals surface area contributed by atoms with Crippen LogP contribution in [0.2, 0.25) is 0 Å². The van der Waals surface area contributed by atoms with Crippen molar-refractivity contribution < 1.29 is 9.53 Å². The van der Waals surface area contributed by atoms with Gasteiger partial charge in [-0.2, -0.15) is 0 Å². The Bertz CT molecular complexity index is 874. The fourth-order valence-electron chi connectivity index (χ4n) is 2.27. The number of thioether (sulfide) groups is 1. The van der Waals surface area contributed by atoms with Gasteiger partial charge in [-0.25, -0.2) is 0 Å². The second kappa shape index (κ2) is 8.28. The fraction of sp³-hybridized carbons (Fsp3) is 0.312. The number of amides is 1. The van der Waals surface area contributed by atoms with Crippen LogP contribution in [0.4, 0.5) is 5.13 Å². The molecule has 3 aromatic rings. The number of anilines is 1. The van der Waals surface area contributed by atoms with Crippen molar-refractivity contribution in [3.63, 3.8) is 0 Å². The van der Waals surface area contributed by atoms with Gasteiger partial charge in [-0.1, -0.05) is 29.2 Å². The van der Waals surface area contributed by atoms with Crippen LogP contribution in [0.1, 0.15) is 17.0 Å². The molecule has 0 aliphatic heterocycles. The molecule has 0 radical (unpaired) electrons. The van der Waals surface area contributed by atoms with E-state index in [9.17, 15) is 4.79 Å². The van der Waals surface area contributed by atoms with E-state index in [1.165, 1.54) is 23.1 Å². The van der Waals surface area contributed by atoms with Crippen molar-refractivity contribution in [2.24, 2.45) is 7.05 Å². The molecule has 0 saturated heterocycles. The molecule has 0 spiro atoms. The summed E-state index contributed by atoms with van der Waals surface area (Å²) in [6, 6.07) is 6.06. The highest BCUT2D eigenvalue weighted by atomic mass is 32.2. The summed E-state index contributed by atoms with van der Waals surface area (Å²) < 4.78 is 7.64. The molecule has 136 valence electrons. The molecule has 0 bridgehead atoms. The van der Waals surface area contributed by atoms with Gasteiger partial charge < -0.3 is 9.30 Å². The van der Waals surface area contributed by atoms with Crippen molar-refractivity contribution in [1.29, 1.82) is 0 Å². The molecule has 0 atom stereocenters. The largest absolute Gasteiger partial charge is 0.486 e. The van der Waals surface area contributed by atoms with Gasteiger partial charge in [-0.05, 0) is 37.1 Å². The summed E-state index contributed by atoms with van der Waals surface area (Å²) in [5, 5.41) is 19.5. The highest BCUT2D eigenvalue weighted by Crippen LogP contribution is 2.20. The molecular formula is C16H18N6O2S2. The first-order chi connectivity index (χ1) is 12.5. The molecule has 3 rings (SSSR count). The maximum atomic E-state index is 11.9. The minimum Gasteiger partial charge on any atom is -0.486 e. The third kappa shape index (κ3) is 4.79. The smallest absolute Gasteiger partial charge is 0.236 e. The number of hydrogen-bond acceptors (Lipinski definition) is 8. The number of nitrogens with one attached hydrogen (secondary N) is 1. The minimum atomic E-state index is -0.164. The van der Waals surface area contributed by atoms with Gasteiger partial charge in [-0.15, -0.1) is 20.4 Å². The van der Waals surface area contributed by atoms with Gasteiger partial charge in [0, 0.05) is 7.05 Å². The molecule has 1 N–H and O–H groups in total. The molecule has 0 fully saturated rings. The Morgan fingerprint density at radius 1 is 1.23 bits per heavy atom. The van der Waals surface area contributed by atoms with Crippen LogP contribution in [0.5, 0.6) is 5.75 Å². The Balaban J connectivity index is 1.54. The molecule has 1 aromatic carbocycles. The topological polar surface area (TPSA) is 94.8 Å². The van der Waals surface area contributed by atoms with E-state index in [1.807, 2.05) is 37.6 Å². The first-order valence-electron chi connectivity index (χ1n) is 7.79. The number of ether oxygens (including phenoxy) is 1. The first kappa shape index (κ1) is 18.3. The van der Waals surface area contributed by atoms with Crippen LogP contribution in [-0.2, 0) is 18.4 Å². The average Bonchev–Trinajstić information content (AvgIpc) is 3.20. The highest BCUT2D eigenvalue weighted by molar-refractivity contribution is 7.99. The first-order valence-corrected chi connectivity index (χ1v) is 9.66. The molecular weight excluding hydrogens is 372 g/mol. The van der Waals surface area contributed by atoms with Crippen molar-refractivity contribution in [3.8, 4) is 5.75 Å². The van der Waals surface area contributed by atoms with Crippen molar-refractivity contribution in [3.05, 3.63) is 40.7 Å². The molecule has 0 saturated carbocycles. The number of carbonyl (C=O) groups is 1. The number of benzene rings is 1. The predicted octanol–water partition coefficient (Wildman–Crippen LogP) is 2.59. The Kier molecular flexibility index (Phi) is 5.84. The standard InChI is InChI=1S/C16H18N6O2S2/c1-10-4-11(2)6-12(5-10)24-7-13-19-21-16(22(13)3)25-8-14(23)18-15-20-17-9-26-15/h4-6,9H,7-8H2,1-3H3,(H,18,20,23). The van der Waals surface area contributed by atoms with Gasteiger partial charge in [-0.3, -0.25) is 10.1 Å². The van der Waals surface area contributed by atoms with E-state index in [4.69, 9.17) is 4.74 Å². The van der Waals surface area contributed by atoms with Crippen molar-refractivity contribution in [2.75, 3.05) is 11.1 Å². The number of rotatable bonds is 7. The van der Waals surface area contributed by atoms with E-state index in [-0.39, 0.29) is 11.7 Å². The van der Waals surface area contributed by atoms with Gasteiger partial charge in [0.1, 0.15) is 17.9 Å². The lowest BCUT2D eigenvalue weighted by Crippen LogP contribution is -2.14. The van der Waals surface area contributed by atoms with Crippen LogP contribution in [-0.4, -0.2) is 36.6 Å². The van der Waals surface area contributed by atoms with Crippen molar-refractivity contribution in [1.82, 2.24) is 25.0 Å². The van der Waals surface area contributed by atoms with Crippen LogP contribution in [0.3, 0.4) is 0 Å². The van der Waals surface area contributed by atoms with Gasteiger partial charge >= 0.3 is 0 Å². The Labute approximate surface area is 159 Å². The van der Waals surface area contributed by atoms with E-state index in [2.05, 4.69) is 31.8 Å². The number of hydrogen-bond donors (Lipinski definition) is 1. The quantitative estimate of drug-likeness (QED) is 0.620. The predicted molar refractivity (Wildman–Crippen MR) is 101 cm³/mol. The fourth-order valence-corrected chi connectivity index (χ4v) is 3.46. The van der Waals surface area contributed by atoms with Gasteiger partial charge in [0.2, 0.25) is 11.0 Å². The number of aryl methyl sites for hydroxylation is 2. The van der Waals surface area contributed by atoms with Gasteiger partial charge in [0.15, 0.2) is 11.0 Å². The Morgan fingerprint density at radius 2 is 2.00 bits per heavy atom. The zero-order valence-electron chi connectivity index (χ0n) is 14.6. The molecule has 8 nitrogen and oxygen atoms in total. The van der Waals surface area contributed by atoms with E-state index in [0.717, 1.165) is 16.9 Å². The number of carbonyl (C=O) groups excluding carboxylic acids is 1. The minimum absolute atomic E-state index is 0.164. The third-order valence-corrected chi connectivity index (χ3v) is 5.05. The lowest BCUT2D eigenvalue weighted by atomic mass is 10.1. The van der Waals surface area contributed by atoms with E-state index >= 15 is 0 Å². The molecule has 1 amide bonds. The van der Waals surface area contributed by atoms with E-state index < -0.39 is 0 Å². The summed E-state index contributed by atoms with van der Waals surface area (Å²) in [5.74, 6) is 1.54. The van der Waals surface area contributed by atoms with Crippen molar-refractivity contribution in [2.45, 2.75) is 25.6 Å². The average molecular weight is 390 g/mol. The summed E-state index contributed by atoms with van der Waals surface area (Å²) in [4.78, 5) is 11.9. The summed E-state index contributed by atoms with van der Waals surface area (Å²) in [6.07, 6.45) is 0. The second-order valence-electron chi connectivity index (χ2n) is 5.65. The van der Waals surface area contributed by atoms with Gasteiger partial charge in [0.05, 0.1) is 5.75 Å². The van der Waals surface area contributed by atoms with Gasteiger partial charge in [0.25, 0.3) is 0 Å². The van der Waals surface area contributed by atoms with Crippen LogP contribution in [0, 0.1) is 13.8 Å². The normalized spacial score (nSPS) is 10.7. The maximum Gasteiger partial charge on any atom is 0.236 e. The molecule has 2 heterocycles. The molecule has 0 aliphatic carbocycles. The van der Waals surface area contributed by atoms with Crippen LogP contribution < -0.4 is 10.1 Å². The third-order valence-electron chi connectivity index (χ3n) is 3.43. The SMILES string of the molecule is Cc1cc(C)cc(OCc2nnc(SCC(=O)Nc3nncs3)n2C)c1. The summed E-state index contributed by atoms with van der Waals surface area (Å²) in [7, 11) is 1.85. The molecule has 2 aromatic heterocycles. The van der Waals surface area contributed by atoms with E-state index in [1.54, 1.807) is 5.51 Å². The highest BCUT2D eigenvalue weighted by Gasteiger charge is 2.13. The molecule has 10 heteroatoms. The summed E-state index contributed by atoms with van der Waals surface area (Å²) in [6.45, 7) is 4.37.